The van der Waals surface area contributed by atoms with Crippen LogP contribution >= 0.6 is 0 Å². The zero-order valence-electron chi connectivity index (χ0n) is 9.18. The lowest BCUT2D eigenvalue weighted by Gasteiger charge is -2.05. The van der Waals surface area contributed by atoms with E-state index in [1.807, 2.05) is 6.07 Å². The zero-order valence-corrected chi connectivity index (χ0v) is 9.18. The minimum absolute atomic E-state index is 0.269. The maximum atomic E-state index is 11.2. The molecule has 4 N–H and O–H groups in total. The molecular weight excluding hydrogens is 224 g/mol. The van der Waals surface area contributed by atoms with Gasteiger partial charge in [0.05, 0.1) is 0 Å². The van der Waals surface area contributed by atoms with Crippen LogP contribution in [0.5, 0.6) is 0 Å². The number of carboxylic acid groups (broad SMARTS) is 1. The Labute approximate surface area is 98.4 Å². The summed E-state index contributed by atoms with van der Waals surface area (Å²) in [6.07, 6.45) is 0. The Balaban J connectivity index is 2.26. The van der Waals surface area contributed by atoms with Gasteiger partial charge >= 0.3 is 5.97 Å². The van der Waals surface area contributed by atoms with Gasteiger partial charge in [0.2, 0.25) is 5.91 Å². The first-order chi connectivity index (χ1) is 8.08. The third kappa shape index (κ3) is 5.53. The maximum Gasteiger partial charge on any atom is 0.329 e. The molecular formula is C11H14N2O4. The van der Waals surface area contributed by atoms with Crippen molar-refractivity contribution in [3.05, 3.63) is 29.8 Å². The van der Waals surface area contributed by atoms with Crippen molar-refractivity contribution in [2.24, 2.45) is 0 Å². The zero-order chi connectivity index (χ0) is 12.7. The highest BCUT2D eigenvalue weighted by atomic mass is 16.5. The van der Waals surface area contributed by atoms with Gasteiger partial charge in [0.1, 0.15) is 13.2 Å². The van der Waals surface area contributed by atoms with Crippen LogP contribution in [0.25, 0.3) is 0 Å². The molecule has 1 rings (SSSR count). The Bertz CT molecular complexity index is 406. The molecule has 6 heteroatoms. The lowest BCUT2D eigenvalue weighted by Crippen LogP contribution is -2.28. The number of carbonyl (C=O) groups excluding carboxylic acids is 1. The number of hydrogen-bond donors (Lipinski definition) is 3. The van der Waals surface area contributed by atoms with Crippen molar-refractivity contribution in [2.45, 2.75) is 6.54 Å². The van der Waals surface area contributed by atoms with E-state index in [1.165, 1.54) is 0 Å². The molecule has 0 aromatic heterocycles. The van der Waals surface area contributed by atoms with Crippen LogP contribution in [0.1, 0.15) is 5.56 Å². The molecule has 0 bridgehead atoms. The number of ether oxygens (including phenoxy) is 1. The second-order valence-electron chi connectivity index (χ2n) is 3.41. The normalized spacial score (nSPS) is 9.88. The van der Waals surface area contributed by atoms with Gasteiger partial charge in [-0.3, -0.25) is 4.79 Å². The van der Waals surface area contributed by atoms with E-state index in [9.17, 15) is 9.59 Å². The van der Waals surface area contributed by atoms with Gasteiger partial charge in [0.25, 0.3) is 0 Å². The molecule has 0 atom stereocenters. The third-order valence-electron chi connectivity index (χ3n) is 1.90. The molecule has 0 aliphatic heterocycles. The van der Waals surface area contributed by atoms with Crippen LogP contribution in [0.2, 0.25) is 0 Å². The number of carboxylic acids is 1. The molecule has 1 aromatic carbocycles. The van der Waals surface area contributed by atoms with Gasteiger partial charge < -0.3 is 20.9 Å². The number of benzene rings is 1. The topological polar surface area (TPSA) is 102 Å². The van der Waals surface area contributed by atoms with Crippen LogP contribution in [0.3, 0.4) is 0 Å². The van der Waals surface area contributed by atoms with E-state index in [0.717, 1.165) is 5.56 Å². The highest BCUT2D eigenvalue weighted by molar-refractivity contribution is 5.77. The quantitative estimate of drug-likeness (QED) is 0.605. The third-order valence-corrected chi connectivity index (χ3v) is 1.90. The van der Waals surface area contributed by atoms with Crippen molar-refractivity contribution in [2.75, 3.05) is 18.9 Å². The molecule has 0 saturated carbocycles. The van der Waals surface area contributed by atoms with Crippen molar-refractivity contribution in [3.8, 4) is 0 Å². The van der Waals surface area contributed by atoms with Crippen LogP contribution in [-0.2, 0) is 20.9 Å². The fourth-order valence-corrected chi connectivity index (χ4v) is 1.19. The van der Waals surface area contributed by atoms with E-state index in [4.69, 9.17) is 10.8 Å². The SMILES string of the molecule is Nc1cccc(CNC(=O)COCC(=O)O)c1. The summed E-state index contributed by atoms with van der Waals surface area (Å²) in [5.74, 6) is -1.47. The lowest BCUT2D eigenvalue weighted by atomic mass is 10.2. The predicted molar refractivity (Wildman–Crippen MR) is 61.2 cm³/mol. The van der Waals surface area contributed by atoms with Crippen molar-refractivity contribution < 1.29 is 19.4 Å². The molecule has 0 unspecified atom stereocenters. The number of carbonyl (C=O) groups is 2. The predicted octanol–water partition coefficient (Wildman–Crippen LogP) is -0.0138. The molecule has 1 aromatic rings. The van der Waals surface area contributed by atoms with Gasteiger partial charge in [-0.25, -0.2) is 4.79 Å². The minimum atomic E-state index is -1.10. The molecule has 0 saturated heterocycles. The fraction of sp³-hybridized carbons (Fsp3) is 0.273. The Morgan fingerprint density at radius 3 is 2.76 bits per heavy atom. The molecule has 0 aliphatic carbocycles. The number of amides is 1. The summed E-state index contributed by atoms with van der Waals surface area (Å²) in [4.78, 5) is 21.3. The van der Waals surface area contributed by atoms with E-state index in [2.05, 4.69) is 10.1 Å². The largest absolute Gasteiger partial charge is 0.480 e. The monoisotopic (exact) mass is 238 g/mol. The number of nitrogen functional groups attached to an aromatic ring is 1. The minimum Gasteiger partial charge on any atom is -0.480 e. The summed E-state index contributed by atoms with van der Waals surface area (Å²) < 4.78 is 4.63. The second kappa shape index (κ2) is 6.49. The van der Waals surface area contributed by atoms with Crippen LogP contribution in [0.15, 0.2) is 24.3 Å². The Kier molecular flexibility index (Phi) is 4.96. The molecule has 17 heavy (non-hydrogen) atoms. The first-order valence-corrected chi connectivity index (χ1v) is 4.98. The summed E-state index contributed by atoms with van der Waals surface area (Å²) in [5.41, 5.74) is 7.07. The number of aliphatic carboxylic acids is 1. The Hall–Kier alpha value is -2.08. The van der Waals surface area contributed by atoms with E-state index >= 15 is 0 Å². The number of rotatable bonds is 6. The van der Waals surface area contributed by atoms with Crippen LogP contribution < -0.4 is 11.1 Å². The van der Waals surface area contributed by atoms with E-state index in [-0.39, 0.29) is 12.5 Å². The molecule has 0 heterocycles. The summed E-state index contributed by atoms with van der Waals surface area (Å²) in [6.45, 7) is -0.416. The lowest BCUT2D eigenvalue weighted by molar-refractivity contribution is -0.143. The standard InChI is InChI=1S/C11H14N2O4/c12-9-3-1-2-8(4-9)5-13-10(14)6-17-7-11(15)16/h1-4H,5-7,12H2,(H,13,14)(H,15,16). The highest BCUT2D eigenvalue weighted by Gasteiger charge is 2.03. The number of anilines is 1. The summed E-state index contributed by atoms with van der Waals surface area (Å²) in [7, 11) is 0. The van der Waals surface area contributed by atoms with E-state index in [1.54, 1.807) is 18.2 Å². The highest BCUT2D eigenvalue weighted by Crippen LogP contribution is 2.05. The summed E-state index contributed by atoms with van der Waals surface area (Å²) >= 11 is 0. The second-order valence-corrected chi connectivity index (χ2v) is 3.41. The number of hydrogen-bond acceptors (Lipinski definition) is 4. The first-order valence-electron chi connectivity index (χ1n) is 4.98. The van der Waals surface area contributed by atoms with Gasteiger partial charge in [-0.1, -0.05) is 12.1 Å². The first kappa shape index (κ1) is 13.0. The van der Waals surface area contributed by atoms with Crippen molar-refractivity contribution >= 4 is 17.6 Å². The average molecular weight is 238 g/mol. The average Bonchev–Trinajstić information content (AvgIpc) is 2.26. The van der Waals surface area contributed by atoms with Gasteiger partial charge in [0, 0.05) is 12.2 Å². The molecule has 92 valence electrons. The van der Waals surface area contributed by atoms with Crippen LogP contribution in [0.4, 0.5) is 5.69 Å². The van der Waals surface area contributed by atoms with Crippen molar-refractivity contribution in [1.82, 2.24) is 5.32 Å². The molecule has 0 spiro atoms. The maximum absolute atomic E-state index is 11.2. The van der Waals surface area contributed by atoms with Crippen molar-refractivity contribution in [3.63, 3.8) is 0 Å². The summed E-state index contributed by atoms with van der Waals surface area (Å²) in [5, 5.41) is 10.9. The smallest absolute Gasteiger partial charge is 0.329 e. The van der Waals surface area contributed by atoms with Crippen LogP contribution in [0, 0.1) is 0 Å². The summed E-state index contributed by atoms with van der Waals surface area (Å²) in [6, 6.07) is 7.12. The number of nitrogens with one attached hydrogen (secondary N) is 1. The Morgan fingerprint density at radius 1 is 1.35 bits per heavy atom. The van der Waals surface area contributed by atoms with Gasteiger partial charge in [-0.15, -0.1) is 0 Å². The van der Waals surface area contributed by atoms with Crippen molar-refractivity contribution in [1.29, 1.82) is 0 Å². The molecule has 6 nitrogen and oxygen atoms in total. The van der Waals surface area contributed by atoms with Gasteiger partial charge in [0.15, 0.2) is 0 Å². The molecule has 1 amide bonds. The van der Waals surface area contributed by atoms with Crippen LogP contribution in [-0.4, -0.2) is 30.2 Å². The Morgan fingerprint density at radius 2 is 2.12 bits per heavy atom. The fourth-order valence-electron chi connectivity index (χ4n) is 1.19. The number of nitrogens with two attached hydrogens (primary N) is 1. The van der Waals surface area contributed by atoms with E-state index < -0.39 is 12.6 Å². The van der Waals surface area contributed by atoms with Gasteiger partial charge in [-0.2, -0.15) is 0 Å². The molecule has 0 radical (unpaired) electrons. The molecule has 0 aliphatic rings. The van der Waals surface area contributed by atoms with Gasteiger partial charge in [-0.05, 0) is 17.7 Å². The molecule has 0 fully saturated rings. The van der Waals surface area contributed by atoms with E-state index in [0.29, 0.717) is 12.2 Å².